The zero-order valence-corrected chi connectivity index (χ0v) is 60.7. The number of nitrogens with one attached hydrogen (secondary N) is 5. The number of primary sulfonamides is 1. The lowest BCUT2D eigenvalue weighted by atomic mass is 10.0. The number of aliphatic carboxylic acids is 1. The molecule has 4 aliphatic heterocycles. The fraction of sp³-hybridized carbons (Fsp3) is 0.500. The van der Waals surface area contributed by atoms with E-state index in [1.54, 1.807) is 13.8 Å². The zero-order valence-electron chi connectivity index (χ0n) is 57.4. The molecule has 2 aromatic heterocycles. The molecule has 4 saturated carbocycles. The SMILES string of the molecule is CC1(S(=O)(=O)NC(=O)[C@@]23C[C@H]2/C=C\CCCCC[C@H](Nc2cccc(C(F)(F)F)c2)C(=O)N2C[C@H](Oc4nc5ccccc5s4)C[C@H]2C(=O)N3)CC1.CC1(S(N)(=O)=O)CC1.O=C1N[C@]2(C(=O)O)C[C@H]2/C=C\CCCCC[C@H](Nc2cccc(C(F)(F)F)c2)C(=O)N2C[C@H](Oc3nc4ccccc4s3)C[C@@H]12. The summed E-state index contributed by atoms with van der Waals surface area (Å²) in [6.07, 6.45) is 6.13. The fourth-order valence-electron chi connectivity index (χ4n) is 13.6. The lowest BCUT2D eigenvalue weighted by molar-refractivity contribution is -0.145. The summed E-state index contributed by atoms with van der Waals surface area (Å²) in [5.74, 6) is -5.02. The molecular weight excluding hydrogens is 1460 g/mol. The van der Waals surface area contributed by atoms with Gasteiger partial charge in [-0.3, -0.25) is 28.7 Å². The summed E-state index contributed by atoms with van der Waals surface area (Å²) in [5, 5.41) is 27.2. The number of hydrogen-bond donors (Lipinski definition) is 7. The van der Waals surface area contributed by atoms with Crippen molar-refractivity contribution in [2.45, 2.75) is 199 Å². The number of hydrogen-bond acceptors (Lipinski definition) is 18. The van der Waals surface area contributed by atoms with Gasteiger partial charge in [0.1, 0.15) is 47.5 Å². The number of carboxylic acid groups (broad SMARTS) is 1. The number of fused-ring (bicyclic) bond motifs is 6. The van der Waals surface area contributed by atoms with Gasteiger partial charge in [-0.15, -0.1) is 0 Å². The lowest BCUT2D eigenvalue weighted by Crippen LogP contribution is -2.58. The Morgan fingerprint density at radius 1 is 0.600 bits per heavy atom. The van der Waals surface area contributed by atoms with Gasteiger partial charge in [-0.05, 0) is 152 Å². The van der Waals surface area contributed by atoms with Crippen molar-refractivity contribution in [2.75, 3.05) is 23.7 Å². The molecule has 2 saturated heterocycles. The van der Waals surface area contributed by atoms with Crippen LogP contribution < -0.4 is 40.6 Å². The van der Waals surface area contributed by atoms with E-state index in [1.165, 1.54) is 56.7 Å². The molecule has 0 spiro atoms. The number of thiazole rings is 2. The lowest BCUT2D eigenvalue weighted by Gasteiger charge is -2.30. The highest BCUT2D eigenvalue weighted by atomic mass is 32.2. The molecule has 10 atom stereocenters. The highest BCUT2D eigenvalue weighted by Gasteiger charge is 2.64. The Labute approximate surface area is 610 Å². The van der Waals surface area contributed by atoms with Gasteiger partial charge in [0.2, 0.25) is 43.7 Å². The third-order valence-corrected chi connectivity index (χ3v) is 26.7. The van der Waals surface area contributed by atoms with Crippen molar-refractivity contribution in [1.29, 1.82) is 0 Å². The van der Waals surface area contributed by atoms with E-state index in [4.69, 9.17) is 14.6 Å². The molecule has 0 radical (unpaired) electrons. The maximum Gasteiger partial charge on any atom is 0.416 e. The number of nitrogens with zero attached hydrogens (tertiary/aromatic N) is 4. The van der Waals surface area contributed by atoms with Crippen molar-refractivity contribution in [2.24, 2.45) is 17.0 Å². The van der Waals surface area contributed by atoms with Gasteiger partial charge in [0.25, 0.3) is 16.3 Å². The van der Waals surface area contributed by atoms with E-state index >= 15 is 0 Å². The molecule has 4 aliphatic carbocycles. The minimum Gasteiger partial charge on any atom is -0.479 e. The first-order valence-corrected chi connectivity index (χ1v) is 39.7. The quantitative estimate of drug-likeness (QED) is 0.0417. The van der Waals surface area contributed by atoms with E-state index < -0.39 is 142 Å². The maximum absolute atomic E-state index is 14.5. The summed E-state index contributed by atoms with van der Waals surface area (Å²) in [4.78, 5) is 94.6. The van der Waals surface area contributed by atoms with Crippen LogP contribution in [0.25, 0.3) is 20.4 Å². The van der Waals surface area contributed by atoms with Crippen molar-refractivity contribution in [3.63, 3.8) is 0 Å². The van der Waals surface area contributed by atoms with Crippen molar-refractivity contribution in [1.82, 2.24) is 35.1 Å². The number of nitrogens with two attached hydrogens (primary N) is 1. The van der Waals surface area contributed by atoms with Gasteiger partial charge in [0.15, 0.2) is 0 Å². The predicted molar refractivity (Wildman–Crippen MR) is 382 cm³/mol. The number of halogens is 6. The van der Waals surface area contributed by atoms with E-state index in [9.17, 15) is 77.1 Å². The van der Waals surface area contributed by atoms with Gasteiger partial charge >= 0.3 is 18.3 Å². The third-order valence-electron chi connectivity index (χ3n) is 20.9. The molecule has 33 heteroatoms. The second kappa shape index (κ2) is 30.1. The number of carbonyl (C=O) groups is 6. The van der Waals surface area contributed by atoms with Crippen LogP contribution in [0.4, 0.5) is 37.7 Å². The molecule has 4 aromatic carbocycles. The van der Waals surface area contributed by atoms with Crippen molar-refractivity contribution < 1.29 is 86.5 Å². The third kappa shape index (κ3) is 17.5. The first-order valence-electron chi connectivity index (χ1n) is 35.0. The molecule has 105 heavy (non-hydrogen) atoms. The molecule has 14 rings (SSSR count). The highest BCUT2D eigenvalue weighted by Crippen LogP contribution is 2.49. The topological polar surface area (TPSA) is 328 Å². The van der Waals surface area contributed by atoms with Crippen LogP contribution in [-0.2, 0) is 61.2 Å². The van der Waals surface area contributed by atoms with Crippen LogP contribution in [0.2, 0.25) is 0 Å². The number of rotatable bonds is 13. The van der Waals surface area contributed by atoms with E-state index in [0.717, 1.165) is 83.2 Å². The molecule has 6 heterocycles. The number of ether oxygens (including phenoxy) is 2. The predicted octanol–water partition coefficient (Wildman–Crippen LogP) is 11.0. The summed E-state index contributed by atoms with van der Waals surface area (Å²) >= 11 is 2.65. The van der Waals surface area contributed by atoms with E-state index in [1.807, 2.05) is 72.8 Å². The average Bonchev–Trinajstić information content (AvgIpc) is 1.55. The number of sulfonamides is 2. The van der Waals surface area contributed by atoms with Crippen LogP contribution in [0, 0.1) is 11.8 Å². The molecule has 0 bridgehead atoms. The average molecular weight is 1540 g/mol. The summed E-state index contributed by atoms with van der Waals surface area (Å²) in [6.45, 7) is 3.24. The van der Waals surface area contributed by atoms with E-state index in [-0.39, 0.29) is 56.1 Å². The molecule has 5 amide bonds. The normalized spacial score (nSPS) is 28.1. The van der Waals surface area contributed by atoms with Crippen LogP contribution in [-0.4, -0.2) is 147 Å². The molecule has 23 nitrogen and oxygen atoms in total. The molecule has 6 fully saturated rings. The molecular formula is C72H82F6N10O13S4. The maximum atomic E-state index is 14.5. The first-order chi connectivity index (χ1) is 49.7. The van der Waals surface area contributed by atoms with Gasteiger partial charge in [0, 0.05) is 36.1 Å². The fourth-order valence-corrected chi connectivity index (χ4v) is 17.4. The van der Waals surface area contributed by atoms with Crippen LogP contribution in [0.1, 0.15) is 141 Å². The van der Waals surface area contributed by atoms with Crippen LogP contribution >= 0.6 is 22.7 Å². The number of alkyl halides is 6. The summed E-state index contributed by atoms with van der Waals surface area (Å²) in [6, 6.07) is 20.2. The number of aromatic nitrogens is 2. The van der Waals surface area contributed by atoms with Gasteiger partial charge in [-0.25, -0.2) is 36.7 Å². The Hall–Kier alpha value is -8.40. The van der Waals surface area contributed by atoms with Crippen LogP contribution in [0.5, 0.6) is 10.4 Å². The van der Waals surface area contributed by atoms with Crippen LogP contribution in [0.3, 0.4) is 0 Å². The Kier molecular flexibility index (Phi) is 21.9. The standard InChI is InChI=1S/C36H40F3N5O6S2.C32H33F3N4O5S.C4H9NO2S/c1-34(16-17-34)52(48,49)43-32(47)35-20-23(35)10-5-3-2-4-6-14-27(40-24-12-9-11-22(18-24)36(37,38)39)31(46)44-21-25(19-28(44)30(45)42-35)50-33-41-26-13-7-8-15-29(26)51-33;33-32(34,35)19-10-8-11-21(15-19)36-24-13-5-3-1-2-4-9-20-17-31(20,29(42)43)38-27(40)25-16-22(18-39(25)28(24)41)44-30-37-23-12-6-7-14-26(23)45-30;1-4(2-3-4)8(5,6)7/h5,7-13,15,18,23,25,27-28,40H,2-4,6,14,16-17,19-21H2,1H3,(H,42,45)(H,43,47);4,6-12,14-15,20,22,24-25,36H,1-3,5,13,16-18H2,(H,38,40)(H,42,43);2-3H2,1H3,(H2,5,6,7)/b10-5-;9-4-;/t23-,25-,27+,28+,35-;20-,22-,24+,25+,31-;/m11./s1. The number of allylic oxidation sites excluding steroid dienone is 2. The minimum atomic E-state index is -4.58. The number of amides is 5. The van der Waals surface area contributed by atoms with E-state index in [0.29, 0.717) is 61.8 Å². The van der Waals surface area contributed by atoms with Crippen molar-refractivity contribution in [3.05, 3.63) is 132 Å². The number of carboxylic acids is 1. The molecule has 8 aliphatic rings. The Balaban J connectivity index is 0.000000179. The second-order valence-electron chi connectivity index (χ2n) is 28.8. The summed E-state index contributed by atoms with van der Waals surface area (Å²) in [7, 11) is -7.23. The van der Waals surface area contributed by atoms with Crippen molar-refractivity contribution in [3.8, 4) is 10.4 Å². The second-order valence-corrected chi connectivity index (χ2v) is 35.0. The largest absolute Gasteiger partial charge is 0.479 e. The summed E-state index contributed by atoms with van der Waals surface area (Å²) in [5.41, 5.74) is -2.98. The van der Waals surface area contributed by atoms with Crippen molar-refractivity contribution >= 4 is 110 Å². The molecule has 0 unspecified atom stereocenters. The monoisotopic (exact) mass is 1540 g/mol. The Morgan fingerprint density at radius 3 is 1.44 bits per heavy atom. The zero-order chi connectivity index (χ0) is 75.1. The smallest absolute Gasteiger partial charge is 0.416 e. The number of para-hydroxylation sites is 2. The van der Waals surface area contributed by atoms with Gasteiger partial charge in [-0.1, -0.05) is 109 Å². The van der Waals surface area contributed by atoms with Gasteiger partial charge in [0.05, 0.1) is 54.1 Å². The van der Waals surface area contributed by atoms with E-state index in [2.05, 4.69) is 36.0 Å². The highest BCUT2D eigenvalue weighted by molar-refractivity contribution is 7.91. The Morgan fingerprint density at radius 2 is 1.03 bits per heavy atom. The number of benzene rings is 4. The van der Waals surface area contributed by atoms with Gasteiger partial charge in [-0.2, -0.15) is 26.3 Å². The molecule has 8 N–H and O–H groups in total. The first kappa shape index (κ1) is 76.3. The number of anilines is 2. The molecule has 564 valence electrons. The summed E-state index contributed by atoms with van der Waals surface area (Å²) < 4.78 is 143. The Bertz CT molecular complexity index is 4520. The van der Waals surface area contributed by atoms with Gasteiger partial charge < -0.3 is 45.6 Å². The molecule has 6 aromatic rings. The minimum absolute atomic E-state index is 0.0248. The number of carbonyl (C=O) groups excluding carboxylic acids is 5. The van der Waals surface area contributed by atoms with Crippen LogP contribution in [0.15, 0.2) is 121 Å².